The monoisotopic (exact) mass is 290 g/mol. The molecule has 0 aliphatic carbocycles. The number of nitrogens with zero attached hydrogens (tertiary/aromatic N) is 1. The van der Waals surface area contributed by atoms with Crippen LogP contribution >= 0.6 is 0 Å². The number of hydrogen-bond donors (Lipinski definition) is 1. The molecule has 0 atom stereocenters. The smallest absolute Gasteiger partial charge is 0.246 e. The molecular weight excluding hydrogens is 264 g/mol. The molecule has 0 bridgehead atoms. The number of carbonyl (C=O) groups is 1. The summed E-state index contributed by atoms with van der Waals surface area (Å²) in [4.78, 5) is 14.3. The third-order valence-corrected chi connectivity index (χ3v) is 3.53. The van der Waals surface area contributed by atoms with Crippen molar-refractivity contribution in [2.24, 2.45) is 0 Å². The number of nitrogens with two attached hydrogens (primary N) is 1. The van der Waals surface area contributed by atoms with E-state index in [4.69, 9.17) is 10.5 Å². The lowest BCUT2D eigenvalue weighted by atomic mass is 10.1. The van der Waals surface area contributed by atoms with Crippen LogP contribution in [-0.4, -0.2) is 37.1 Å². The third kappa shape index (κ3) is 5.60. The fraction of sp³-hybridized carbons (Fsp3) is 0.471. The summed E-state index contributed by atoms with van der Waals surface area (Å²) in [5.41, 5.74) is 7.36. The zero-order valence-electron chi connectivity index (χ0n) is 13.2. The van der Waals surface area contributed by atoms with Crippen LogP contribution in [-0.2, 0) is 9.53 Å². The van der Waals surface area contributed by atoms with Gasteiger partial charge < -0.3 is 15.4 Å². The van der Waals surface area contributed by atoms with Crippen LogP contribution in [0.5, 0.6) is 0 Å². The maximum Gasteiger partial charge on any atom is 0.246 e. The summed E-state index contributed by atoms with van der Waals surface area (Å²) in [6, 6.07) is 7.73. The lowest BCUT2D eigenvalue weighted by Crippen LogP contribution is -2.40. The van der Waals surface area contributed by atoms with Crippen molar-refractivity contribution >= 4 is 17.7 Å². The molecule has 1 rings (SSSR count). The van der Waals surface area contributed by atoms with Gasteiger partial charge in [-0.1, -0.05) is 26.0 Å². The van der Waals surface area contributed by atoms with Gasteiger partial charge >= 0.3 is 0 Å². The Hall–Kier alpha value is -1.81. The van der Waals surface area contributed by atoms with Crippen molar-refractivity contribution in [2.45, 2.75) is 32.7 Å². The van der Waals surface area contributed by atoms with E-state index in [1.807, 2.05) is 29.2 Å². The maximum absolute atomic E-state index is 12.4. The minimum atomic E-state index is 0.0168. The Morgan fingerprint density at radius 2 is 2.10 bits per heavy atom. The van der Waals surface area contributed by atoms with Gasteiger partial charge in [0.2, 0.25) is 5.91 Å². The van der Waals surface area contributed by atoms with Gasteiger partial charge in [0.05, 0.1) is 6.61 Å². The Balaban J connectivity index is 2.79. The number of benzene rings is 1. The zero-order chi connectivity index (χ0) is 15.7. The summed E-state index contributed by atoms with van der Waals surface area (Å²) in [6.07, 6.45) is 5.31. The fourth-order valence-electron chi connectivity index (χ4n) is 2.32. The first-order valence-corrected chi connectivity index (χ1v) is 7.45. The summed E-state index contributed by atoms with van der Waals surface area (Å²) in [5.74, 6) is 0.0168. The molecule has 116 valence electrons. The first-order chi connectivity index (χ1) is 10.1. The molecule has 1 aromatic carbocycles. The van der Waals surface area contributed by atoms with Crippen LogP contribution < -0.4 is 5.73 Å². The van der Waals surface area contributed by atoms with Crippen LogP contribution in [0.25, 0.3) is 6.08 Å². The topological polar surface area (TPSA) is 55.6 Å². The van der Waals surface area contributed by atoms with Gasteiger partial charge in [-0.2, -0.15) is 0 Å². The summed E-state index contributed by atoms with van der Waals surface area (Å²) >= 11 is 0. The van der Waals surface area contributed by atoms with Crippen molar-refractivity contribution in [3.05, 3.63) is 35.9 Å². The van der Waals surface area contributed by atoms with Gasteiger partial charge in [-0.3, -0.25) is 4.79 Å². The molecule has 0 saturated heterocycles. The van der Waals surface area contributed by atoms with Gasteiger partial charge in [0.15, 0.2) is 0 Å². The van der Waals surface area contributed by atoms with Crippen molar-refractivity contribution in [2.75, 3.05) is 26.0 Å². The quantitative estimate of drug-likeness (QED) is 0.591. The van der Waals surface area contributed by atoms with Crippen molar-refractivity contribution in [1.82, 2.24) is 4.90 Å². The molecule has 2 N–H and O–H groups in total. The van der Waals surface area contributed by atoms with Crippen LogP contribution in [0.15, 0.2) is 30.3 Å². The van der Waals surface area contributed by atoms with Gasteiger partial charge in [0, 0.05) is 31.5 Å². The van der Waals surface area contributed by atoms with Gasteiger partial charge in [-0.25, -0.2) is 0 Å². The summed E-state index contributed by atoms with van der Waals surface area (Å²) < 4.78 is 5.11. The van der Waals surface area contributed by atoms with E-state index in [9.17, 15) is 4.79 Å². The number of methoxy groups -OCH3 is 1. The molecule has 0 aliphatic rings. The van der Waals surface area contributed by atoms with E-state index in [2.05, 4.69) is 13.8 Å². The van der Waals surface area contributed by atoms with E-state index in [0.29, 0.717) is 18.8 Å². The molecule has 0 heterocycles. The lowest BCUT2D eigenvalue weighted by molar-refractivity contribution is -0.129. The van der Waals surface area contributed by atoms with E-state index >= 15 is 0 Å². The molecule has 0 fully saturated rings. The predicted octanol–water partition coefficient (Wildman–Crippen LogP) is 2.95. The molecule has 4 heteroatoms. The van der Waals surface area contributed by atoms with Gasteiger partial charge in [0.1, 0.15) is 0 Å². The number of amides is 1. The first-order valence-electron chi connectivity index (χ1n) is 7.45. The average molecular weight is 290 g/mol. The third-order valence-electron chi connectivity index (χ3n) is 3.53. The second-order valence-corrected chi connectivity index (χ2v) is 5.00. The Bertz CT molecular complexity index is 468. The normalized spacial score (nSPS) is 11.2. The first kappa shape index (κ1) is 17.2. The van der Waals surface area contributed by atoms with Crippen LogP contribution in [0.2, 0.25) is 0 Å². The number of anilines is 1. The van der Waals surface area contributed by atoms with Crippen LogP contribution in [0.3, 0.4) is 0 Å². The number of ether oxygens (including phenoxy) is 1. The fourth-order valence-corrected chi connectivity index (χ4v) is 2.32. The van der Waals surface area contributed by atoms with Gasteiger partial charge in [-0.05, 0) is 36.6 Å². The van der Waals surface area contributed by atoms with E-state index in [1.54, 1.807) is 19.3 Å². The summed E-state index contributed by atoms with van der Waals surface area (Å²) in [7, 11) is 1.65. The van der Waals surface area contributed by atoms with Crippen molar-refractivity contribution < 1.29 is 9.53 Å². The van der Waals surface area contributed by atoms with Crippen LogP contribution in [0.4, 0.5) is 5.69 Å². The van der Waals surface area contributed by atoms with Crippen molar-refractivity contribution in [3.8, 4) is 0 Å². The standard InChI is InChI=1S/C17H26N2O2/c1-4-16(5-2)19(11-12-21-3)17(20)10-9-14-7-6-8-15(18)13-14/h6-10,13,16H,4-5,11-12,18H2,1-3H3/b10-9+. The van der Waals surface area contributed by atoms with Gasteiger partial charge in [0.25, 0.3) is 0 Å². The van der Waals surface area contributed by atoms with E-state index < -0.39 is 0 Å². The van der Waals surface area contributed by atoms with E-state index in [-0.39, 0.29) is 11.9 Å². The molecule has 1 aromatic rings. The molecule has 4 nitrogen and oxygen atoms in total. The highest BCUT2D eigenvalue weighted by molar-refractivity contribution is 5.92. The molecule has 1 amide bonds. The summed E-state index contributed by atoms with van der Waals surface area (Å²) in [6.45, 7) is 5.36. The Morgan fingerprint density at radius 1 is 1.38 bits per heavy atom. The second kappa shape index (κ2) is 9.19. The Kier molecular flexibility index (Phi) is 7.54. The largest absolute Gasteiger partial charge is 0.399 e. The van der Waals surface area contributed by atoms with Crippen molar-refractivity contribution in [1.29, 1.82) is 0 Å². The highest BCUT2D eigenvalue weighted by atomic mass is 16.5. The average Bonchev–Trinajstić information content (AvgIpc) is 2.49. The van der Waals surface area contributed by atoms with Crippen LogP contribution in [0.1, 0.15) is 32.3 Å². The van der Waals surface area contributed by atoms with Crippen LogP contribution in [0, 0.1) is 0 Å². The zero-order valence-corrected chi connectivity index (χ0v) is 13.2. The number of carbonyl (C=O) groups excluding carboxylic acids is 1. The highest BCUT2D eigenvalue weighted by Gasteiger charge is 2.18. The van der Waals surface area contributed by atoms with Crippen molar-refractivity contribution in [3.63, 3.8) is 0 Å². The molecule has 0 radical (unpaired) electrons. The minimum absolute atomic E-state index is 0.0168. The maximum atomic E-state index is 12.4. The van der Waals surface area contributed by atoms with Gasteiger partial charge in [-0.15, -0.1) is 0 Å². The molecule has 0 spiro atoms. The number of rotatable bonds is 8. The lowest BCUT2D eigenvalue weighted by Gasteiger charge is -2.29. The number of nitrogen functional groups attached to an aromatic ring is 1. The molecule has 0 saturated carbocycles. The molecule has 21 heavy (non-hydrogen) atoms. The minimum Gasteiger partial charge on any atom is -0.399 e. The predicted molar refractivity (Wildman–Crippen MR) is 87.8 cm³/mol. The number of hydrogen-bond acceptors (Lipinski definition) is 3. The molecular formula is C17H26N2O2. The van der Waals surface area contributed by atoms with E-state index in [0.717, 1.165) is 18.4 Å². The molecule has 0 aliphatic heterocycles. The highest BCUT2D eigenvalue weighted by Crippen LogP contribution is 2.12. The Morgan fingerprint density at radius 3 is 2.67 bits per heavy atom. The second-order valence-electron chi connectivity index (χ2n) is 5.00. The molecule has 0 aromatic heterocycles. The summed E-state index contributed by atoms with van der Waals surface area (Å²) in [5, 5.41) is 0. The Labute approximate surface area is 127 Å². The SMILES string of the molecule is CCC(CC)N(CCOC)C(=O)/C=C/c1cccc(N)c1. The molecule has 0 unspecified atom stereocenters. The van der Waals surface area contributed by atoms with E-state index in [1.165, 1.54) is 0 Å².